The van der Waals surface area contributed by atoms with E-state index >= 15 is 0 Å². The van der Waals surface area contributed by atoms with Gasteiger partial charge in [-0.2, -0.15) is 0 Å². The van der Waals surface area contributed by atoms with E-state index in [4.69, 9.17) is 10.8 Å². The van der Waals surface area contributed by atoms with Gasteiger partial charge in [0.25, 0.3) is 0 Å². The molecule has 15 nitrogen and oxygen atoms in total. The third-order valence-corrected chi connectivity index (χ3v) is 5.40. The zero-order chi connectivity index (χ0) is 28.4. The molecule has 1 aromatic heterocycles. The molecule has 0 aliphatic rings. The fraction of sp³-hybridized carbons (Fsp3) is 0.391. The molecule has 38 heavy (non-hydrogen) atoms. The van der Waals surface area contributed by atoms with Crippen molar-refractivity contribution in [2.24, 2.45) is 5.73 Å². The number of nitrogens with zero attached hydrogens (tertiary/aromatic N) is 1. The summed E-state index contributed by atoms with van der Waals surface area (Å²) in [5, 5.41) is 44.8. The highest BCUT2D eigenvalue weighted by Crippen LogP contribution is 2.12. The van der Waals surface area contributed by atoms with Gasteiger partial charge in [-0.3, -0.25) is 19.2 Å². The zero-order valence-corrected chi connectivity index (χ0v) is 20.3. The Morgan fingerprint density at radius 2 is 1.58 bits per heavy atom. The van der Waals surface area contributed by atoms with Gasteiger partial charge in [-0.05, 0) is 24.6 Å². The molecule has 1 heterocycles. The number of hydrogen-bond donors (Lipinski definition) is 9. The van der Waals surface area contributed by atoms with Gasteiger partial charge in [0.2, 0.25) is 17.7 Å². The van der Waals surface area contributed by atoms with E-state index in [0.29, 0.717) is 11.3 Å². The van der Waals surface area contributed by atoms with Crippen LogP contribution in [0.15, 0.2) is 36.8 Å². The summed E-state index contributed by atoms with van der Waals surface area (Å²) in [5.41, 5.74) is 6.44. The van der Waals surface area contributed by atoms with Crippen molar-refractivity contribution in [3.05, 3.63) is 48.0 Å². The van der Waals surface area contributed by atoms with Crippen LogP contribution in [0.5, 0.6) is 5.75 Å². The number of H-pyrrole nitrogens is 1. The van der Waals surface area contributed by atoms with E-state index < -0.39 is 66.4 Å². The van der Waals surface area contributed by atoms with Crippen molar-refractivity contribution in [2.75, 3.05) is 0 Å². The standard InChI is InChI=1S/C23H30N6O9/c1-11(30)19(29-20(34)15(24)8-18(32)33)22(36)27-16(7-13-9-25-10-26-13)21(35)28-17(23(37)38)6-12-2-4-14(31)5-3-12/h2-5,9-11,15-17,19,30-31H,6-8,24H2,1H3,(H,25,26)(H,27,36)(H,28,35)(H,29,34)(H,32,33)(H,37,38). The van der Waals surface area contributed by atoms with Gasteiger partial charge >= 0.3 is 11.9 Å². The molecule has 2 aromatic rings. The van der Waals surface area contributed by atoms with Gasteiger partial charge in [-0.1, -0.05) is 12.1 Å². The number of carbonyl (C=O) groups is 5. The third kappa shape index (κ3) is 9.18. The molecule has 5 unspecified atom stereocenters. The molecule has 0 radical (unpaired) electrons. The highest BCUT2D eigenvalue weighted by molar-refractivity contribution is 5.95. The summed E-state index contributed by atoms with van der Waals surface area (Å²) in [6.45, 7) is 1.19. The monoisotopic (exact) mass is 534 g/mol. The highest BCUT2D eigenvalue weighted by atomic mass is 16.4. The summed E-state index contributed by atoms with van der Waals surface area (Å²) in [6, 6.07) is -0.147. The van der Waals surface area contributed by atoms with Crippen molar-refractivity contribution < 1.29 is 44.4 Å². The van der Waals surface area contributed by atoms with Crippen molar-refractivity contribution >= 4 is 29.7 Å². The van der Waals surface area contributed by atoms with Crippen LogP contribution < -0.4 is 21.7 Å². The van der Waals surface area contributed by atoms with Crippen molar-refractivity contribution in [1.82, 2.24) is 25.9 Å². The second-order valence-electron chi connectivity index (χ2n) is 8.54. The number of phenolic OH excluding ortho intramolecular Hbond substituents is 1. The first-order valence-electron chi connectivity index (χ1n) is 11.4. The van der Waals surface area contributed by atoms with Gasteiger partial charge in [0, 0.05) is 24.7 Å². The second kappa shape index (κ2) is 13.7. The van der Waals surface area contributed by atoms with E-state index in [-0.39, 0.29) is 18.6 Å². The number of carboxylic acids is 2. The first-order chi connectivity index (χ1) is 17.9. The number of carbonyl (C=O) groups excluding carboxylic acids is 3. The number of nitrogens with two attached hydrogens (primary N) is 1. The molecule has 0 fully saturated rings. The Morgan fingerprint density at radius 1 is 0.947 bits per heavy atom. The molecule has 3 amide bonds. The molecule has 2 rings (SSSR count). The number of aliphatic hydroxyl groups excluding tert-OH is 1. The van der Waals surface area contributed by atoms with E-state index in [9.17, 15) is 39.3 Å². The zero-order valence-electron chi connectivity index (χ0n) is 20.3. The first kappa shape index (κ1) is 29.7. The van der Waals surface area contributed by atoms with Crippen molar-refractivity contribution in [1.29, 1.82) is 0 Å². The number of phenols is 1. The van der Waals surface area contributed by atoms with Crippen LogP contribution >= 0.6 is 0 Å². The van der Waals surface area contributed by atoms with Crippen molar-refractivity contribution in [3.63, 3.8) is 0 Å². The number of carboxylic acid groups (broad SMARTS) is 2. The molecule has 0 bridgehead atoms. The van der Waals surface area contributed by atoms with Gasteiger partial charge < -0.3 is 47.1 Å². The number of aliphatic carboxylic acids is 2. The Kier molecular flexibility index (Phi) is 10.7. The summed E-state index contributed by atoms with van der Waals surface area (Å²) < 4.78 is 0. The topological polar surface area (TPSA) is 257 Å². The number of aromatic nitrogens is 2. The van der Waals surface area contributed by atoms with Gasteiger partial charge in [0.1, 0.15) is 23.9 Å². The molecule has 0 aliphatic carbocycles. The fourth-order valence-electron chi connectivity index (χ4n) is 3.37. The van der Waals surface area contributed by atoms with Crippen LogP contribution in [0, 0.1) is 0 Å². The molecule has 206 valence electrons. The third-order valence-electron chi connectivity index (χ3n) is 5.40. The van der Waals surface area contributed by atoms with Crippen LogP contribution in [0.1, 0.15) is 24.6 Å². The van der Waals surface area contributed by atoms with Gasteiger partial charge in [0.05, 0.1) is 24.9 Å². The summed E-state index contributed by atoms with van der Waals surface area (Å²) >= 11 is 0. The minimum absolute atomic E-state index is 0.0179. The number of amides is 3. The Balaban J connectivity index is 2.19. The number of aliphatic hydroxyl groups is 1. The molecule has 0 saturated carbocycles. The molecule has 10 N–H and O–H groups in total. The van der Waals surface area contributed by atoms with Gasteiger partial charge in [0.15, 0.2) is 0 Å². The van der Waals surface area contributed by atoms with Gasteiger partial charge in [-0.15, -0.1) is 0 Å². The molecule has 0 spiro atoms. The van der Waals surface area contributed by atoms with Crippen LogP contribution in [-0.2, 0) is 36.8 Å². The minimum Gasteiger partial charge on any atom is -0.508 e. The quantitative estimate of drug-likeness (QED) is 0.124. The number of aromatic amines is 1. The van der Waals surface area contributed by atoms with Crippen molar-refractivity contribution in [2.45, 2.75) is 56.5 Å². The first-order valence-corrected chi connectivity index (χ1v) is 11.4. The maximum atomic E-state index is 13.1. The van der Waals surface area contributed by atoms with Crippen LogP contribution in [0.4, 0.5) is 0 Å². The number of imidazole rings is 1. The predicted octanol–water partition coefficient (Wildman–Crippen LogP) is -2.38. The van der Waals surface area contributed by atoms with E-state index in [0.717, 1.165) is 0 Å². The smallest absolute Gasteiger partial charge is 0.326 e. The molecule has 15 heteroatoms. The molecule has 1 aromatic carbocycles. The average Bonchev–Trinajstić information content (AvgIpc) is 3.35. The lowest BCUT2D eigenvalue weighted by Crippen LogP contribution is -2.60. The van der Waals surface area contributed by atoms with E-state index in [1.54, 1.807) is 0 Å². The van der Waals surface area contributed by atoms with Crippen LogP contribution in [0.2, 0.25) is 0 Å². The molecular formula is C23H30N6O9. The molecule has 0 saturated heterocycles. The van der Waals surface area contributed by atoms with Crippen LogP contribution in [0.3, 0.4) is 0 Å². The lowest BCUT2D eigenvalue weighted by molar-refractivity contribution is -0.142. The number of nitrogens with one attached hydrogen (secondary N) is 4. The average molecular weight is 535 g/mol. The molecule has 5 atom stereocenters. The highest BCUT2D eigenvalue weighted by Gasteiger charge is 2.33. The Bertz CT molecular complexity index is 1120. The lowest BCUT2D eigenvalue weighted by atomic mass is 10.0. The number of hydrogen-bond acceptors (Lipinski definition) is 9. The maximum absolute atomic E-state index is 13.1. The Hall–Kier alpha value is -4.50. The predicted molar refractivity (Wildman–Crippen MR) is 129 cm³/mol. The summed E-state index contributed by atoms with van der Waals surface area (Å²) in [5.74, 6) is -5.60. The van der Waals surface area contributed by atoms with Gasteiger partial charge in [-0.25, -0.2) is 9.78 Å². The lowest BCUT2D eigenvalue weighted by Gasteiger charge is -2.26. The maximum Gasteiger partial charge on any atom is 0.326 e. The van der Waals surface area contributed by atoms with E-state index in [1.165, 1.54) is 43.7 Å². The second-order valence-corrected chi connectivity index (χ2v) is 8.54. The summed E-state index contributed by atoms with van der Waals surface area (Å²) in [6.07, 6.45) is 0.258. The number of rotatable bonds is 14. The summed E-state index contributed by atoms with van der Waals surface area (Å²) in [7, 11) is 0. The minimum atomic E-state index is -1.60. The van der Waals surface area contributed by atoms with E-state index in [1.807, 2.05) is 0 Å². The number of aromatic hydroxyl groups is 1. The van der Waals surface area contributed by atoms with Crippen LogP contribution in [0.25, 0.3) is 0 Å². The molecular weight excluding hydrogens is 504 g/mol. The normalized spacial score (nSPS) is 14.8. The van der Waals surface area contributed by atoms with Crippen molar-refractivity contribution in [3.8, 4) is 5.75 Å². The number of benzene rings is 1. The van der Waals surface area contributed by atoms with E-state index in [2.05, 4.69) is 25.9 Å². The fourth-order valence-corrected chi connectivity index (χ4v) is 3.37. The van der Waals surface area contributed by atoms with Crippen LogP contribution in [-0.4, -0.2) is 90.3 Å². The Labute approximate surface area is 216 Å². The SMILES string of the molecule is CC(O)C(NC(=O)C(N)CC(=O)O)C(=O)NC(Cc1cnc[nH]1)C(=O)NC(Cc1ccc(O)cc1)C(=O)O. The molecule has 0 aliphatic heterocycles. The Morgan fingerprint density at radius 3 is 2.11 bits per heavy atom. The summed E-state index contributed by atoms with van der Waals surface area (Å²) in [4.78, 5) is 67.5. The largest absolute Gasteiger partial charge is 0.508 e.